The summed E-state index contributed by atoms with van der Waals surface area (Å²) in [5.41, 5.74) is 0. The normalized spacial score (nSPS) is 32.5. The minimum atomic E-state index is -4.58. The van der Waals surface area contributed by atoms with E-state index >= 15 is 0 Å². The van der Waals surface area contributed by atoms with Crippen LogP contribution in [-0.4, -0.2) is 49.2 Å². The number of aliphatic hydroxyl groups is 1. The Hall–Kier alpha value is -0.380. The minimum absolute atomic E-state index is 0.177. The fraction of sp³-hybridized carbons (Fsp3) is 1.00. The average Bonchev–Trinajstić information content (AvgIpc) is 2.86. The molecule has 0 amide bonds. The highest BCUT2D eigenvalue weighted by Crippen LogP contribution is 2.35. The molecule has 2 N–H and O–H groups in total. The van der Waals surface area contributed by atoms with Gasteiger partial charge in [-0.15, -0.1) is 0 Å². The Morgan fingerprint density at radius 1 is 1.14 bits per heavy atom. The Bertz CT molecular complexity index is 455. The highest BCUT2D eigenvalue weighted by Gasteiger charge is 2.43. The van der Waals surface area contributed by atoms with Crippen molar-refractivity contribution >= 4 is 10.2 Å². The zero-order chi connectivity index (χ0) is 15.7. The summed E-state index contributed by atoms with van der Waals surface area (Å²) in [5.74, 6) is -0.177. The van der Waals surface area contributed by atoms with Crippen molar-refractivity contribution in [2.75, 3.05) is 13.1 Å². The molecule has 21 heavy (non-hydrogen) atoms. The molecule has 1 heterocycles. The van der Waals surface area contributed by atoms with Gasteiger partial charge in [0.15, 0.2) is 0 Å². The molecule has 3 unspecified atom stereocenters. The van der Waals surface area contributed by atoms with Gasteiger partial charge in [0.2, 0.25) is 0 Å². The van der Waals surface area contributed by atoms with Crippen LogP contribution in [0, 0.1) is 5.92 Å². The molecule has 2 fully saturated rings. The van der Waals surface area contributed by atoms with Gasteiger partial charge in [-0.05, 0) is 25.7 Å². The van der Waals surface area contributed by atoms with E-state index in [1.165, 1.54) is 0 Å². The number of nitrogens with zero attached hydrogens (tertiary/aromatic N) is 1. The number of rotatable bonds is 4. The van der Waals surface area contributed by atoms with E-state index < -0.39 is 35.1 Å². The SMILES string of the molecule is O=S(=O)(NCC(F)(F)F)N1CCCC1C1CCCCC1O. The lowest BCUT2D eigenvalue weighted by Gasteiger charge is -2.36. The van der Waals surface area contributed by atoms with Gasteiger partial charge in [0, 0.05) is 18.5 Å². The molecule has 0 aromatic rings. The van der Waals surface area contributed by atoms with Crippen molar-refractivity contribution < 1.29 is 26.7 Å². The molecule has 0 aromatic heterocycles. The maximum atomic E-state index is 12.2. The number of alkyl halides is 3. The number of halogens is 3. The molecular weight excluding hydrogens is 309 g/mol. The molecule has 3 atom stereocenters. The van der Waals surface area contributed by atoms with E-state index in [0.717, 1.165) is 23.6 Å². The van der Waals surface area contributed by atoms with Crippen LogP contribution < -0.4 is 4.72 Å². The van der Waals surface area contributed by atoms with Crippen LogP contribution in [0.15, 0.2) is 0 Å². The highest BCUT2D eigenvalue weighted by molar-refractivity contribution is 7.87. The summed E-state index contributed by atoms with van der Waals surface area (Å²) in [7, 11) is -4.16. The van der Waals surface area contributed by atoms with Crippen molar-refractivity contribution in [2.24, 2.45) is 5.92 Å². The molecule has 1 aliphatic carbocycles. The fourth-order valence-electron chi connectivity index (χ4n) is 3.34. The summed E-state index contributed by atoms with van der Waals surface area (Å²) < 4.78 is 63.5. The largest absolute Gasteiger partial charge is 0.402 e. The standard InChI is InChI=1S/C12H21F3N2O3S/c13-12(14,15)8-16-21(19,20)17-7-3-5-10(17)9-4-1-2-6-11(9)18/h9-11,16,18H,1-8H2. The summed E-state index contributed by atoms with van der Waals surface area (Å²) in [4.78, 5) is 0. The van der Waals surface area contributed by atoms with Gasteiger partial charge in [0.05, 0.1) is 6.10 Å². The third-order valence-electron chi connectivity index (χ3n) is 4.29. The molecule has 9 heteroatoms. The third-order valence-corrected chi connectivity index (χ3v) is 5.87. The lowest BCUT2D eigenvalue weighted by Crippen LogP contribution is -2.50. The molecule has 1 saturated heterocycles. The molecule has 2 aliphatic rings. The van der Waals surface area contributed by atoms with Crippen molar-refractivity contribution in [1.29, 1.82) is 0 Å². The second kappa shape index (κ2) is 6.39. The van der Waals surface area contributed by atoms with Gasteiger partial charge in [-0.1, -0.05) is 12.8 Å². The van der Waals surface area contributed by atoms with Crippen molar-refractivity contribution in [2.45, 2.75) is 56.8 Å². The molecular formula is C12H21F3N2O3S. The van der Waals surface area contributed by atoms with Gasteiger partial charge in [0.25, 0.3) is 10.2 Å². The van der Waals surface area contributed by atoms with E-state index in [1.807, 2.05) is 0 Å². The topological polar surface area (TPSA) is 69.6 Å². The van der Waals surface area contributed by atoms with Gasteiger partial charge in [-0.2, -0.15) is 30.6 Å². The first kappa shape index (κ1) is 17.0. The van der Waals surface area contributed by atoms with E-state index in [0.29, 0.717) is 19.3 Å². The first-order valence-corrected chi connectivity index (χ1v) is 8.66. The molecule has 0 bridgehead atoms. The summed E-state index contributed by atoms with van der Waals surface area (Å²) >= 11 is 0. The van der Waals surface area contributed by atoms with Gasteiger partial charge < -0.3 is 5.11 Å². The van der Waals surface area contributed by atoms with Gasteiger partial charge in [-0.3, -0.25) is 0 Å². The molecule has 1 aliphatic heterocycles. The molecule has 2 rings (SSSR count). The number of hydrogen-bond acceptors (Lipinski definition) is 3. The van der Waals surface area contributed by atoms with E-state index in [1.54, 1.807) is 4.72 Å². The van der Waals surface area contributed by atoms with Crippen LogP contribution in [0.4, 0.5) is 13.2 Å². The quantitative estimate of drug-likeness (QED) is 0.819. The highest BCUT2D eigenvalue weighted by atomic mass is 32.2. The number of aliphatic hydroxyl groups excluding tert-OH is 1. The minimum Gasteiger partial charge on any atom is -0.393 e. The third kappa shape index (κ3) is 4.30. The second-order valence-electron chi connectivity index (χ2n) is 5.78. The summed E-state index contributed by atoms with van der Waals surface area (Å²) in [5, 5.41) is 10.1. The number of hydrogen-bond donors (Lipinski definition) is 2. The maximum Gasteiger partial charge on any atom is 0.402 e. The summed E-state index contributed by atoms with van der Waals surface area (Å²) in [6, 6.07) is -0.397. The monoisotopic (exact) mass is 330 g/mol. The average molecular weight is 330 g/mol. The zero-order valence-corrected chi connectivity index (χ0v) is 12.5. The Balaban J connectivity index is 2.06. The maximum absolute atomic E-state index is 12.2. The van der Waals surface area contributed by atoms with Crippen molar-refractivity contribution in [1.82, 2.24) is 9.03 Å². The van der Waals surface area contributed by atoms with Crippen LogP contribution in [0.25, 0.3) is 0 Å². The molecule has 0 aromatic carbocycles. The zero-order valence-electron chi connectivity index (χ0n) is 11.6. The first-order chi connectivity index (χ1) is 9.71. The van der Waals surface area contributed by atoms with Crippen LogP contribution in [0.5, 0.6) is 0 Å². The first-order valence-electron chi connectivity index (χ1n) is 7.22. The summed E-state index contributed by atoms with van der Waals surface area (Å²) in [6.07, 6.45) is -0.766. The smallest absolute Gasteiger partial charge is 0.393 e. The van der Waals surface area contributed by atoms with Gasteiger partial charge in [-0.25, -0.2) is 0 Å². The fourth-order valence-corrected chi connectivity index (χ4v) is 4.84. The molecule has 0 radical (unpaired) electrons. The van der Waals surface area contributed by atoms with Crippen molar-refractivity contribution in [3.8, 4) is 0 Å². The Morgan fingerprint density at radius 3 is 2.43 bits per heavy atom. The van der Waals surface area contributed by atoms with Crippen LogP contribution in [0.3, 0.4) is 0 Å². The van der Waals surface area contributed by atoms with Crippen LogP contribution in [0.1, 0.15) is 38.5 Å². The lowest BCUT2D eigenvalue weighted by atomic mass is 9.81. The van der Waals surface area contributed by atoms with Crippen molar-refractivity contribution in [3.63, 3.8) is 0 Å². The van der Waals surface area contributed by atoms with E-state index in [4.69, 9.17) is 0 Å². The predicted octanol–water partition coefficient (Wildman–Crippen LogP) is 1.40. The Morgan fingerprint density at radius 2 is 1.81 bits per heavy atom. The lowest BCUT2D eigenvalue weighted by molar-refractivity contribution is -0.121. The molecule has 5 nitrogen and oxygen atoms in total. The Labute approximate surface area is 122 Å². The van der Waals surface area contributed by atoms with Gasteiger partial charge in [0.1, 0.15) is 6.54 Å². The van der Waals surface area contributed by atoms with E-state index in [9.17, 15) is 26.7 Å². The van der Waals surface area contributed by atoms with E-state index in [2.05, 4.69) is 0 Å². The van der Waals surface area contributed by atoms with Crippen LogP contribution in [-0.2, 0) is 10.2 Å². The van der Waals surface area contributed by atoms with Crippen LogP contribution in [0.2, 0.25) is 0 Å². The predicted molar refractivity (Wildman–Crippen MR) is 70.7 cm³/mol. The molecule has 0 spiro atoms. The van der Waals surface area contributed by atoms with Crippen molar-refractivity contribution in [3.05, 3.63) is 0 Å². The van der Waals surface area contributed by atoms with E-state index in [-0.39, 0.29) is 12.5 Å². The molecule has 1 saturated carbocycles. The van der Waals surface area contributed by atoms with Crippen LogP contribution >= 0.6 is 0 Å². The number of nitrogens with one attached hydrogen (secondary N) is 1. The second-order valence-corrected chi connectivity index (χ2v) is 7.49. The summed E-state index contributed by atoms with van der Waals surface area (Å²) in [6.45, 7) is -1.35. The Kier molecular flexibility index (Phi) is 5.17. The van der Waals surface area contributed by atoms with Gasteiger partial charge >= 0.3 is 6.18 Å². The molecule has 124 valence electrons.